The largest absolute Gasteiger partial charge is 0.486 e. The van der Waals surface area contributed by atoms with Gasteiger partial charge in [0.1, 0.15) is 11.9 Å². The number of amides is 1. The van der Waals surface area contributed by atoms with Crippen LogP contribution in [-0.4, -0.2) is 26.2 Å². The molecule has 5 heteroatoms. The zero-order valence-electron chi connectivity index (χ0n) is 13.2. The second-order valence-corrected chi connectivity index (χ2v) is 5.52. The van der Waals surface area contributed by atoms with Gasteiger partial charge in [-0.3, -0.25) is 4.79 Å². The van der Waals surface area contributed by atoms with Crippen LogP contribution in [-0.2, 0) is 4.74 Å². The van der Waals surface area contributed by atoms with Crippen molar-refractivity contribution in [3.8, 4) is 5.75 Å². The lowest BCUT2D eigenvalue weighted by molar-refractivity contribution is 0.0936. The fraction of sp³-hybridized carbons (Fsp3) is 0.278. The molecule has 1 unspecified atom stereocenters. The second-order valence-electron chi connectivity index (χ2n) is 5.09. The van der Waals surface area contributed by atoms with E-state index in [-0.39, 0.29) is 12.0 Å². The molecule has 0 saturated heterocycles. The summed E-state index contributed by atoms with van der Waals surface area (Å²) in [5, 5.41) is 3.47. The topological polar surface area (TPSA) is 47.6 Å². The molecule has 0 bridgehead atoms. The maximum atomic E-state index is 12.0. The van der Waals surface area contributed by atoms with Crippen molar-refractivity contribution in [3.63, 3.8) is 0 Å². The van der Waals surface area contributed by atoms with Crippen molar-refractivity contribution in [2.75, 3.05) is 20.3 Å². The molecule has 0 fully saturated rings. The maximum Gasteiger partial charge on any atom is 0.251 e. The Labute approximate surface area is 141 Å². The molecule has 0 aliphatic carbocycles. The van der Waals surface area contributed by atoms with Gasteiger partial charge < -0.3 is 14.8 Å². The molecule has 4 nitrogen and oxygen atoms in total. The van der Waals surface area contributed by atoms with E-state index < -0.39 is 0 Å². The highest BCUT2D eigenvalue weighted by Crippen LogP contribution is 2.23. The summed E-state index contributed by atoms with van der Waals surface area (Å²) in [6.07, 6.45) is -0.140. The van der Waals surface area contributed by atoms with Crippen LogP contribution in [0.1, 0.15) is 28.9 Å². The third-order valence-corrected chi connectivity index (χ3v) is 3.59. The van der Waals surface area contributed by atoms with E-state index >= 15 is 0 Å². The Morgan fingerprint density at radius 3 is 2.65 bits per heavy atom. The number of halogens is 1. The highest BCUT2D eigenvalue weighted by atomic mass is 35.5. The molecule has 0 aliphatic heterocycles. The molecule has 122 valence electrons. The number of methoxy groups -OCH3 is 1. The van der Waals surface area contributed by atoms with Crippen LogP contribution in [0.4, 0.5) is 0 Å². The van der Waals surface area contributed by atoms with Crippen LogP contribution < -0.4 is 10.1 Å². The number of carbonyl (C=O) groups excluding carboxylic acids is 1. The number of ether oxygens (including phenoxy) is 2. The normalized spacial score (nSPS) is 11.8. The van der Waals surface area contributed by atoms with Crippen molar-refractivity contribution in [2.24, 2.45) is 0 Å². The minimum absolute atomic E-state index is 0.140. The van der Waals surface area contributed by atoms with Gasteiger partial charge in [-0.1, -0.05) is 29.8 Å². The van der Waals surface area contributed by atoms with E-state index in [4.69, 9.17) is 21.1 Å². The van der Waals surface area contributed by atoms with Gasteiger partial charge in [-0.2, -0.15) is 0 Å². The first kappa shape index (κ1) is 17.3. The van der Waals surface area contributed by atoms with E-state index in [2.05, 4.69) is 5.32 Å². The summed E-state index contributed by atoms with van der Waals surface area (Å²) in [5.41, 5.74) is 1.58. The zero-order valence-corrected chi connectivity index (χ0v) is 14.0. The minimum Gasteiger partial charge on any atom is -0.486 e. The lowest BCUT2D eigenvalue weighted by Gasteiger charge is -2.16. The second kappa shape index (κ2) is 8.56. The summed E-state index contributed by atoms with van der Waals surface area (Å²) in [7, 11) is 1.60. The predicted octanol–water partition coefficient (Wildman–Crippen LogP) is 3.86. The van der Waals surface area contributed by atoms with E-state index in [1.807, 2.05) is 37.3 Å². The molecule has 23 heavy (non-hydrogen) atoms. The van der Waals surface area contributed by atoms with Gasteiger partial charge in [0.2, 0.25) is 0 Å². The summed E-state index contributed by atoms with van der Waals surface area (Å²) in [6.45, 7) is 2.91. The first-order valence-electron chi connectivity index (χ1n) is 7.39. The molecular formula is C18H20ClNO3. The summed E-state index contributed by atoms with van der Waals surface area (Å²) in [6, 6.07) is 14.6. The lowest BCUT2D eigenvalue weighted by atomic mass is 10.1. The average molecular weight is 334 g/mol. The number of hydrogen-bond donors (Lipinski definition) is 1. The van der Waals surface area contributed by atoms with Crippen LogP contribution in [0.15, 0.2) is 48.5 Å². The first-order valence-corrected chi connectivity index (χ1v) is 7.77. The number of benzene rings is 2. The van der Waals surface area contributed by atoms with Gasteiger partial charge in [0, 0.05) is 24.2 Å². The fourth-order valence-electron chi connectivity index (χ4n) is 2.09. The molecule has 2 aromatic rings. The standard InChI is InChI=1S/C18H20ClNO3/c1-13(14-6-8-16(19)9-7-14)23-17-5-3-4-15(12-17)18(21)20-10-11-22-2/h3-9,12-13H,10-11H2,1-2H3,(H,20,21). The Kier molecular flexibility index (Phi) is 6.44. The Morgan fingerprint density at radius 2 is 1.96 bits per heavy atom. The van der Waals surface area contributed by atoms with E-state index in [0.29, 0.717) is 29.5 Å². The van der Waals surface area contributed by atoms with Crippen molar-refractivity contribution in [1.29, 1.82) is 0 Å². The molecule has 0 aromatic heterocycles. The monoisotopic (exact) mass is 333 g/mol. The highest BCUT2D eigenvalue weighted by molar-refractivity contribution is 6.30. The van der Waals surface area contributed by atoms with E-state index in [9.17, 15) is 4.79 Å². The zero-order chi connectivity index (χ0) is 16.7. The molecule has 2 rings (SSSR count). The summed E-state index contributed by atoms with van der Waals surface area (Å²) < 4.78 is 10.8. The molecule has 1 amide bonds. The molecule has 0 heterocycles. The van der Waals surface area contributed by atoms with Crippen molar-refractivity contribution >= 4 is 17.5 Å². The highest BCUT2D eigenvalue weighted by Gasteiger charge is 2.10. The predicted molar refractivity (Wildman–Crippen MR) is 91.1 cm³/mol. The summed E-state index contributed by atoms with van der Waals surface area (Å²) in [5.74, 6) is 0.499. The van der Waals surface area contributed by atoms with Crippen LogP contribution in [0.5, 0.6) is 5.75 Å². The lowest BCUT2D eigenvalue weighted by Crippen LogP contribution is -2.26. The Hall–Kier alpha value is -2.04. The fourth-order valence-corrected chi connectivity index (χ4v) is 2.21. The van der Waals surface area contributed by atoms with Gasteiger partial charge in [0.05, 0.1) is 6.61 Å². The third-order valence-electron chi connectivity index (χ3n) is 3.34. The van der Waals surface area contributed by atoms with Crippen LogP contribution >= 0.6 is 11.6 Å². The molecule has 1 N–H and O–H groups in total. The minimum atomic E-state index is -0.147. The van der Waals surface area contributed by atoms with Gasteiger partial charge in [0.15, 0.2) is 0 Å². The van der Waals surface area contributed by atoms with Gasteiger partial charge in [0.25, 0.3) is 5.91 Å². The van der Waals surface area contributed by atoms with E-state index in [1.54, 1.807) is 25.3 Å². The van der Waals surface area contributed by atoms with Crippen molar-refractivity contribution < 1.29 is 14.3 Å². The smallest absolute Gasteiger partial charge is 0.251 e. The molecule has 2 aromatic carbocycles. The van der Waals surface area contributed by atoms with Crippen molar-refractivity contribution in [1.82, 2.24) is 5.32 Å². The SMILES string of the molecule is COCCNC(=O)c1cccc(OC(C)c2ccc(Cl)cc2)c1. The number of rotatable bonds is 7. The van der Waals surface area contributed by atoms with Gasteiger partial charge in [-0.15, -0.1) is 0 Å². The number of carbonyl (C=O) groups is 1. The molecule has 1 atom stereocenters. The third kappa shape index (κ3) is 5.27. The summed E-state index contributed by atoms with van der Waals surface area (Å²) >= 11 is 5.89. The van der Waals surface area contributed by atoms with Crippen LogP contribution in [0, 0.1) is 0 Å². The van der Waals surface area contributed by atoms with Crippen LogP contribution in [0.3, 0.4) is 0 Å². The first-order chi connectivity index (χ1) is 11.1. The van der Waals surface area contributed by atoms with Gasteiger partial charge in [-0.05, 0) is 42.8 Å². The molecular weight excluding hydrogens is 314 g/mol. The Bertz CT molecular complexity index is 643. The maximum absolute atomic E-state index is 12.0. The van der Waals surface area contributed by atoms with Gasteiger partial charge >= 0.3 is 0 Å². The van der Waals surface area contributed by atoms with Crippen LogP contribution in [0.2, 0.25) is 5.02 Å². The summed E-state index contributed by atoms with van der Waals surface area (Å²) in [4.78, 5) is 12.0. The quantitative estimate of drug-likeness (QED) is 0.783. The molecule has 0 spiro atoms. The molecule has 0 saturated carbocycles. The van der Waals surface area contributed by atoms with E-state index in [1.165, 1.54) is 0 Å². The molecule has 0 aliphatic rings. The molecule has 0 radical (unpaired) electrons. The Morgan fingerprint density at radius 1 is 1.22 bits per heavy atom. The Balaban J connectivity index is 2.01. The average Bonchev–Trinajstić information content (AvgIpc) is 2.56. The van der Waals surface area contributed by atoms with Gasteiger partial charge in [-0.25, -0.2) is 0 Å². The van der Waals surface area contributed by atoms with Crippen molar-refractivity contribution in [2.45, 2.75) is 13.0 Å². The van der Waals surface area contributed by atoms with Crippen molar-refractivity contribution in [3.05, 3.63) is 64.7 Å². The van der Waals surface area contributed by atoms with E-state index in [0.717, 1.165) is 5.56 Å². The number of nitrogens with one attached hydrogen (secondary N) is 1. The van der Waals surface area contributed by atoms with Crippen LogP contribution in [0.25, 0.3) is 0 Å². The number of hydrogen-bond acceptors (Lipinski definition) is 3.